The molecule has 0 radical (unpaired) electrons. The van der Waals surface area contributed by atoms with E-state index in [1.165, 1.54) is 12.1 Å². The van der Waals surface area contributed by atoms with E-state index >= 15 is 0 Å². The van der Waals surface area contributed by atoms with Crippen molar-refractivity contribution in [1.82, 2.24) is 4.90 Å². The Morgan fingerprint density at radius 3 is 2.41 bits per heavy atom. The van der Waals surface area contributed by atoms with Gasteiger partial charge in [0.25, 0.3) is 5.91 Å². The molecule has 1 aromatic rings. The Morgan fingerprint density at radius 1 is 1.23 bits per heavy atom. The Bertz CT molecular complexity index is 547. The van der Waals surface area contributed by atoms with Gasteiger partial charge in [-0.3, -0.25) is 4.79 Å². The quantitative estimate of drug-likeness (QED) is 0.872. The first-order chi connectivity index (χ1) is 10.4. The predicted molar refractivity (Wildman–Crippen MR) is 82.6 cm³/mol. The number of benzene rings is 1. The first-order valence-electron chi connectivity index (χ1n) is 7.73. The summed E-state index contributed by atoms with van der Waals surface area (Å²) < 4.78 is 5.24. The highest BCUT2D eigenvalue weighted by Crippen LogP contribution is 2.24. The number of rotatable bonds is 3. The summed E-state index contributed by atoms with van der Waals surface area (Å²) in [5.74, 6) is -1.01. The topological polar surface area (TPSA) is 66.8 Å². The highest BCUT2D eigenvalue weighted by molar-refractivity contribution is 5.94. The number of phenolic OH excluding ortho intramolecular Hbond substituents is 1. The predicted octanol–water partition coefficient (Wildman–Crippen LogP) is 2.73. The highest BCUT2D eigenvalue weighted by Gasteiger charge is 2.33. The molecule has 1 aliphatic rings. The van der Waals surface area contributed by atoms with Crippen molar-refractivity contribution in [1.29, 1.82) is 0 Å². The number of esters is 1. The van der Waals surface area contributed by atoms with Crippen LogP contribution < -0.4 is 0 Å². The number of hydrogen-bond donors (Lipinski definition) is 1. The van der Waals surface area contributed by atoms with Crippen LogP contribution in [0.25, 0.3) is 0 Å². The standard InChI is InChI=1S/C17H23NO4/c1-11-7-6-8-12(2)18(11)16(20)13(3)22-17(21)14-9-4-5-10-15(14)19/h4-5,9-13,19H,6-8H2,1-3H3/t11-,12-,13+/m0/s1. The monoisotopic (exact) mass is 305 g/mol. The van der Waals surface area contributed by atoms with Gasteiger partial charge in [0, 0.05) is 12.1 Å². The second kappa shape index (κ2) is 6.81. The number of aromatic hydroxyl groups is 1. The molecule has 2 rings (SSSR count). The summed E-state index contributed by atoms with van der Waals surface area (Å²) in [7, 11) is 0. The van der Waals surface area contributed by atoms with E-state index in [-0.39, 0.29) is 29.3 Å². The number of nitrogens with zero attached hydrogens (tertiary/aromatic N) is 1. The number of piperidine rings is 1. The third kappa shape index (κ3) is 3.40. The van der Waals surface area contributed by atoms with Gasteiger partial charge in [0.2, 0.25) is 0 Å². The molecular formula is C17H23NO4. The summed E-state index contributed by atoms with van der Waals surface area (Å²) in [5, 5.41) is 9.67. The first-order valence-corrected chi connectivity index (χ1v) is 7.73. The maximum absolute atomic E-state index is 12.6. The van der Waals surface area contributed by atoms with E-state index in [0.717, 1.165) is 19.3 Å². The van der Waals surface area contributed by atoms with Crippen molar-refractivity contribution >= 4 is 11.9 Å². The summed E-state index contributed by atoms with van der Waals surface area (Å²) in [6.07, 6.45) is 2.18. The van der Waals surface area contributed by atoms with E-state index < -0.39 is 12.1 Å². The molecule has 5 nitrogen and oxygen atoms in total. The number of hydrogen-bond acceptors (Lipinski definition) is 4. The molecule has 0 saturated carbocycles. The van der Waals surface area contributed by atoms with Crippen molar-refractivity contribution in [3.05, 3.63) is 29.8 Å². The van der Waals surface area contributed by atoms with E-state index in [4.69, 9.17) is 4.74 Å². The molecule has 1 heterocycles. The molecule has 0 bridgehead atoms. The Morgan fingerprint density at radius 2 is 1.82 bits per heavy atom. The lowest BCUT2D eigenvalue weighted by Gasteiger charge is -2.40. The molecule has 0 aromatic heterocycles. The Balaban J connectivity index is 2.05. The van der Waals surface area contributed by atoms with Crippen molar-refractivity contribution in [2.75, 3.05) is 0 Å². The average Bonchev–Trinajstić information content (AvgIpc) is 2.47. The molecular weight excluding hydrogens is 282 g/mol. The smallest absolute Gasteiger partial charge is 0.342 e. The van der Waals surface area contributed by atoms with Crippen LogP contribution >= 0.6 is 0 Å². The van der Waals surface area contributed by atoms with Crippen molar-refractivity contribution in [3.63, 3.8) is 0 Å². The fourth-order valence-corrected chi connectivity index (χ4v) is 2.99. The maximum Gasteiger partial charge on any atom is 0.342 e. The minimum absolute atomic E-state index is 0.0712. The van der Waals surface area contributed by atoms with E-state index in [1.807, 2.05) is 18.7 Å². The molecule has 120 valence electrons. The van der Waals surface area contributed by atoms with Gasteiger partial charge in [-0.2, -0.15) is 0 Å². The molecule has 1 N–H and O–H groups in total. The fraction of sp³-hybridized carbons (Fsp3) is 0.529. The van der Waals surface area contributed by atoms with Crippen LogP contribution in [0, 0.1) is 0 Å². The third-order valence-electron chi connectivity index (χ3n) is 4.20. The number of carbonyl (C=O) groups excluding carboxylic acids is 2. The molecule has 0 unspecified atom stereocenters. The normalized spacial score (nSPS) is 23.0. The summed E-state index contributed by atoms with van der Waals surface area (Å²) in [6.45, 7) is 5.62. The molecule has 1 aliphatic heterocycles. The summed E-state index contributed by atoms with van der Waals surface area (Å²) in [4.78, 5) is 26.4. The van der Waals surface area contributed by atoms with Crippen molar-refractivity contribution in [2.45, 2.75) is 58.2 Å². The van der Waals surface area contributed by atoms with Gasteiger partial charge < -0.3 is 14.7 Å². The van der Waals surface area contributed by atoms with E-state index in [2.05, 4.69) is 0 Å². The van der Waals surface area contributed by atoms with Gasteiger partial charge in [-0.25, -0.2) is 4.79 Å². The van der Waals surface area contributed by atoms with Crippen molar-refractivity contribution < 1.29 is 19.4 Å². The minimum Gasteiger partial charge on any atom is -0.507 e. The van der Waals surface area contributed by atoms with Gasteiger partial charge in [0.15, 0.2) is 6.10 Å². The lowest BCUT2D eigenvalue weighted by atomic mass is 9.97. The number of para-hydroxylation sites is 1. The molecule has 3 atom stereocenters. The molecule has 1 saturated heterocycles. The lowest BCUT2D eigenvalue weighted by molar-refractivity contribution is -0.146. The minimum atomic E-state index is -0.866. The zero-order valence-electron chi connectivity index (χ0n) is 13.3. The summed E-state index contributed by atoms with van der Waals surface area (Å²) in [5.41, 5.74) is 0.0712. The van der Waals surface area contributed by atoms with Crippen LogP contribution in [0.2, 0.25) is 0 Å². The lowest BCUT2D eigenvalue weighted by Crippen LogP contribution is -2.51. The Hall–Kier alpha value is -2.04. The largest absolute Gasteiger partial charge is 0.507 e. The number of likely N-dealkylation sites (tertiary alicyclic amines) is 1. The van der Waals surface area contributed by atoms with Gasteiger partial charge in [-0.05, 0) is 52.2 Å². The van der Waals surface area contributed by atoms with Crippen LogP contribution in [0.4, 0.5) is 0 Å². The Kier molecular flexibility index (Phi) is 5.06. The van der Waals surface area contributed by atoms with Gasteiger partial charge in [-0.15, -0.1) is 0 Å². The van der Waals surface area contributed by atoms with E-state index in [1.54, 1.807) is 19.1 Å². The maximum atomic E-state index is 12.6. The highest BCUT2D eigenvalue weighted by atomic mass is 16.5. The molecule has 22 heavy (non-hydrogen) atoms. The van der Waals surface area contributed by atoms with Crippen LogP contribution in [0.3, 0.4) is 0 Å². The molecule has 0 aliphatic carbocycles. The second-order valence-corrected chi connectivity index (χ2v) is 5.94. The van der Waals surface area contributed by atoms with Crippen molar-refractivity contribution in [2.24, 2.45) is 0 Å². The van der Waals surface area contributed by atoms with Crippen molar-refractivity contribution in [3.8, 4) is 5.75 Å². The zero-order chi connectivity index (χ0) is 16.3. The number of amides is 1. The molecule has 0 spiro atoms. The van der Waals surface area contributed by atoms with E-state index in [9.17, 15) is 14.7 Å². The SMILES string of the molecule is C[C@@H](OC(=O)c1ccccc1O)C(=O)N1[C@@H](C)CCC[C@@H]1C. The van der Waals surface area contributed by atoms with Crippen LogP contribution in [-0.4, -0.2) is 40.1 Å². The van der Waals surface area contributed by atoms with Gasteiger partial charge >= 0.3 is 5.97 Å². The van der Waals surface area contributed by atoms with Gasteiger partial charge in [0.1, 0.15) is 11.3 Å². The number of carbonyl (C=O) groups is 2. The average molecular weight is 305 g/mol. The number of phenols is 1. The Labute approximate surface area is 130 Å². The zero-order valence-corrected chi connectivity index (χ0v) is 13.3. The molecule has 5 heteroatoms. The number of ether oxygens (including phenoxy) is 1. The first kappa shape index (κ1) is 16.3. The van der Waals surface area contributed by atoms with Gasteiger partial charge in [0.05, 0.1) is 0 Å². The fourth-order valence-electron chi connectivity index (χ4n) is 2.99. The van der Waals surface area contributed by atoms with Crippen LogP contribution in [0.15, 0.2) is 24.3 Å². The summed E-state index contributed by atoms with van der Waals surface area (Å²) in [6, 6.07) is 6.46. The molecule has 1 fully saturated rings. The van der Waals surface area contributed by atoms with E-state index in [0.29, 0.717) is 0 Å². The summed E-state index contributed by atoms with van der Waals surface area (Å²) >= 11 is 0. The second-order valence-electron chi connectivity index (χ2n) is 5.94. The van der Waals surface area contributed by atoms with Crippen LogP contribution in [0.5, 0.6) is 5.75 Å². The van der Waals surface area contributed by atoms with Gasteiger partial charge in [-0.1, -0.05) is 12.1 Å². The molecule has 1 aromatic carbocycles. The van der Waals surface area contributed by atoms with Crippen LogP contribution in [0.1, 0.15) is 50.4 Å². The third-order valence-corrected chi connectivity index (χ3v) is 4.20. The molecule has 1 amide bonds. The van der Waals surface area contributed by atoms with Crippen LogP contribution in [-0.2, 0) is 9.53 Å².